The van der Waals surface area contributed by atoms with Crippen molar-refractivity contribution in [1.82, 2.24) is 9.47 Å². The van der Waals surface area contributed by atoms with Crippen LogP contribution in [0.3, 0.4) is 0 Å². The number of carbonyl (C=O) groups is 2. The molecule has 2 fully saturated rings. The summed E-state index contributed by atoms with van der Waals surface area (Å²) >= 11 is 6.43. The van der Waals surface area contributed by atoms with Gasteiger partial charge in [-0.3, -0.25) is 23.9 Å². The predicted octanol–water partition coefficient (Wildman–Crippen LogP) is 3.97. The Labute approximate surface area is 241 Å². The SMILES string of the molecule is CCCCn1c(N2CCN(c3ccccc3F)CC2)c(/C=C2/SC(=S)N(CCC(=O)O)C2=O)c(C)c(C#N)c1=O. The summed E-state index contributed by atoms with van der Waals surface area (Å²) < 4.78 is 16.3. The summed E-state index contributed by atoms with van der Waals surface area (Å²) in [4.78, 5) is 43.4. The Kier molecular flexibility index (Phi) is 9.27. The third kappa shape index (κ3) is 5.90. The van der Waals surface area contributed by atoms with Gasteiger partial charge in [-0.2, -0.15) is 5.26 Å². The van der Waals surface area contributed by atoms with Gasteiger partial charge in [-0.05, 0) is 37.1 Å². The van der Waals surface area contributed by atoms with E-state index in [4.69, 9.17) is 17.3 Å². The Hall–Kier alpha value is -3.69. The smallest absolute Gasteiger partial charge is 0.305 e. The van der Waals surface area contributed by atoms with Crippen molar-refractivity contribution in [3.8, 4) is 6.07 Å². The number of pyridine rings is 1. The van der Waals surface area contributed by atoms with Gasteiger partial charge in [0.15, 0.2) is 0 Å². The molecule has 2 saturated heterocycles. The molecule has 3 heterocycles. The Bertz CT molecular complexity index is 1470. The molecule has 1 amide bonds. The number of unbranched alkanes of at least 4 members (excludes halogenated alkanes) is 1. The summed E-state index contributed by atoms with van der Waals surface area (Å²) in [6, 6.07) is 8.66. The highest BCUT2D eigenvalue weighted by molar-refractivity contribution is 8.26. The van der Waals surface area contributed by atoms with Crippen molar-refractivity contribution >= 4 is 57.8 Å². The molecule has 40 heavy (non-hydrogen) atoms. The van der Waals surface area contributed by atoms with E-state index in [-0.39, 0.29) is 34.2 Å². The minimum absolute atomic E-state index is 0.0115. The van der Waals surface area contributed by atoms with E-state index in [1.54, 1.807) is 35.8 Å². The van der Waals surface area contributed by atoms with Gasteiger partial charge in [-0.1, -0.05) is 49.5 Å². The molecule has 0 saturated carbocycles. The van der Waals surface area contributed by atoms with Crippen LogP contribution in [0.15, 0.2) is 34.0 Å². The first kappa shape index (κ1) is 29.3. The number of rotatable bonds is 9. The van der Waals surface area contributed by atoms with Crippen molar-refractivity contribution in [3.05, 3.63) is 62.0 Å². The number of aromatic nitrogens is 1. The van der Waals surface area contributed by atoms with Crippen molar-refractivity contribution in [2.75, 3.05) is 42.5 Å². The van der Waals surface area contributed by atoms with Crippen LogP contribution in [0.5, 0.6) is 0 Å². The van der Waals surface area contributed by atoms with Gasteiger partial charge in [-0.25, -0.2) is 4.39 Å². The lowest BCUT2D eigenvalue weighted by molar-refractivity contribution is -0.137. The number of piperazine rings is 1. The number of thioether (sulfide) groups is 1. The first-order valence-corrected chi connectivity index (χ1v) is 14.3. The monoisotopic (exact) mass is 583 g/mol. The minimum atomic E-state index is -1.03. The predicted molar refractivity (Wildman–Crippen MR) is 158 cm³/mol. The summed E-state index contributed by atoms with van der Waals surface area (Å²) in [5.41, 5.74) is 1.18. The van der Waals surface area contributed by atoms with Gasteiger partial charge < -0.3 is 14.9 Å². The number of aliphatic carboxylic acids is 1. The number of carboxylic acids is 1. The molecule has 210 valence electrons. The normalized spacial score (nSPS) is 16.6. The molecule has 2 aliphatic heterocycles. The van der Waals surface area contributed by atoms with Crippen LogP contribution in [0, 0.1) is 24.1 Å². The van der Waals surface area contributed by atoms with Crippen molar-refractivity contribution in [3.63, 3.8) is 0 Å². The molecule has 1 aromatic carbocycles. The molecule has 1 N–H and O–H groups in total. The molecule has 2 aromatic rings. The van der Waals surface area contributed by atoms with E-state index >= 15 is 0 Å². The van der Waals surface area contributed by atoms with E-state index < -0.39 is 11.9 Å². The van der Waals surface area contributed by atoms with Gasteiger partial charge in [0, 0.05) is 44.8 Å². The van der Waals surface area contributed by atoms with Crippen LogP contribution in [0.4, 0.5) is 15.9 Å². The fraction of sp³-hybridized carbons (Fsp3) is 0.393. The second-order valence-electron chi connectivity index (χ2n) is 9.56. The third-order valence-electron chi connectivity index (χ3n) is 7.05. The average molecular weight is 584 g/mol. The first-order chi connectivity index (χ1) is 19.2. The topological polar surface area (TPSA) is 110 Å². The molecule has 0 aliphatic carbocycles. The maximum absolute atomic E-state index is 14.5. The second kappa shape index (κ2) is 12.7. The Morgan fingerprint density at radius 3 is 2.48 bits per heavy atom. The second-order valence-corrected chi connectivity index (χ2v) is 11.2. The van der Waals surface area contributed by atoms with E-state index in [2.05, 4.69) is 4.90 Å². The van der Waals surface area contributed by atoms with Crippen LogP contribution in [0.25, 0.3) is 6.08 Å². The van der Waals surface area contributed by atoms with Crippen molar-refractivity contribution < 1.29 is 19.1 Å². The lowest BCUT2D eigenvalue weighted by Gasteiger charge is -2.39. The molecule has 4 rings (SSSR count). The highest BCUT2D eigenvalue weighted by Crippen LogP contribution is 2.36. The lowest BCUT2D eigenvalue weighted by atomic mass is 10.0. The number of thiocarbonyl (C=S) groups is 1. The van der Waals surface area contributed by atoms with Crippen LogP contribution < -0.4 is 15.4 Å². The molecule has 0 bridgehead atoms. The fourth-order valence-corrected chi connectivity index (χ4v) is 6.20. The molecule has 0 unspecified atom stereocenters. The van der Waals surface area contributed by atoms with Crippen LogP contribution in [-0.4, -0.2) is 63.5 Å². The molecule has 9 nitrogen and oxygen atoms in total. The van der Waals surface area contributed by atoms with Gasteiger partial charge in [0.05, 0.1) is 17.0 Å². The van der Waals surface area contributed by atoms with Crippen molar-refractivity contribution in [1.29, 1.82) is 5.26 Å². The fourth-order valence-electron chi connectivity index (χ4n) is 4.91. The Balaban J connectivity index is 1.78. The number of hydrogen-bond acceptors (Lipinski definition) is 8. The van der Waals surface area contributed by atoms with E-state index in [0.29, 0.717) is 66.7 Å². The number of nitriles is 1. The minimum Gasteiger partial charge on any atom is -0.481 e. The summed E-state index contributed by atoms with van der Waals surface area (Å²) in [7, 11) is 0. The lowest BCUT2D eigenvalue weighted by Crippen LogP contribution is -2.49. The van der Waals surface area contributed by atoms with Crippen molar-refractivity contribution in [2.24, 2.45) is 0 Å². The average Bonchev–Trinajstić information content (AvgIpc) is 3.20. The zero-order valence-electron chi connectivity index (χ0n) is 22.4. The van der Waals surface area contributed by atoms with Crippen LogP contribution >= 0.6 is 24.0 Å². The highest BCUT2D eigenvalue weighted by Gasteiger charge is 2.34. The van der Waals surface area contributed by atoms with Crippen LogP contribution in [-0.2, 0) is 16.1 Å². The molecule has 1 aromatic heterocycles. The third-order valence-corrected chi connectivity index (χ3v) is 8.43. The van der Waals surface area contributed by atoms with Gasteiger partial charge in [0.1, 0.15) is 27.6 Å². The number of benzene rings is 1. The maximum atomic E-state index is 14.5. The standard InChI is InChI=1S/C28H30FN5O4S2/c1-3-4-10-33-25(32-14-12-31(13-15-32)22-8-6-5-7-21(22)29)19(18(2)20(17-30)26(33)37)16-23-27(38)34(28(39)40-23)11-9-24(35)36/h5-8,16H,3-4,9-15H2,1-2H3,(H,35,36)/b23-16+. The number of amides is 1. The molecule has 0 atom stereocenters. The van der Waals surface area contributed by atoms with E-state index in [9.17, 15) is 24.0 Å². The van der Waals surface area contributed by atoms with E-state index in [0.717, 1.165) is 18.2 Å². The molecular formula is C28H30FN5O4S2. The number of anilines is 2. The van der Waals surface area contributed by atoms with E-state index in [1.165, 1.54) is 11.0 Å². The summed E-state index contributed by atoms with van der Waals surface area (Å²) in [6.45, 7) is 6.07. The highest BCUT2D eigenvalue weighted by atomic mass is 32.2. The summed E-state index contributed by atoms with van der Waals surface area (Å²) in [5.74, 6) is -1.13. The van der Waals surface area contributed by atoms with Gasteiger partial charge in [0.25, 0.3) is 11.5 Å². The van der Waals surface area contributed by atoms with Gasteiger partial charge in [-0.15, -0.1) is 0 Å². The molecule has 0 spiro atoms. The Morgan fingerprint density at radius 2 is 1.85 bits per heavy atom. The molecule has 0 radical (unpaired) electrons. The number of halogens is 1. The zero-order chi connectivity index (χ0) is 29.0. The number of carbonyl (C=O) groups excluding carboxylic acids is 1. The number of para-hydroxylation sites is 1. The summed E-state index contributed by atoms with van der Waals surface area (Å²) in [6.07, 6.45) is 2.97. The van der Waals surface area contributed by atoms with E-state index in [1.807, 2.05) is 17.9 Å². The molecule has 12 heteroatoms. The first-order valence-electron chi connectivity index (χ1n) is 13.1. The van der Waals surface area contributed by atoms with Crippen LogP contribution in [0.1, 0.15) is 42.9 Å². The molecular weight excluding hydrogens is 553 g/mol. The van der Waals surface area contributed by atoms with Gasteiger partial charge >= 0.3 is 5.97 Å². The van der Waals surface area contributed by atoms with Gasteiger partial charge in [0.2, 0.25) is 0 Å². The molecule has 2 aliphatic rings. The number of hydrogen-bond donors (Lipinski definition) is 1. The summed E-state index contributed by atoms with van der Waals surface area (Å²) in [5, 5.41) is 18.9. The number of carboxylic acid groups (broad SMARTS) is 1. The van der Waals surface area contributed by atoms with Crippen LogP contribution in [0.2, 0.25) is 0 Å². The zero-order valence-corrected chi connectivity index (χ0v) is 24.0. The quantitative estimate of drug-likeness (QED) is 0.346. The number of nitrogens with zero attached hydrogens (tertiary/aromatic N) is 5. The largest absolute Gasteiger partial charge is 0.481 e. The maximum Gasteiger partial charge on any atom is 0.305 e. The van der Waals surface area contributed by atoms with Crippen molar-refractivity contribution in [2.45, 2.75) is 39.7 Å². The Morgan fingerprint density at radius 1 is 1.18 bits per heavy atom.